The molecule has 0 aliphatic heterocycles. The van der Waals surface area contributed by atoms with Gasteiger partial charge in [0.25, 0.3) is 0 Å². The molecule has 0 saturated carbocycles. The van der Waals surface area contributed by atoms with Crippen LogP contribution in [-0.2, 0) is 9.53 Å². The molecule has 1 aromatic carbocycles. The first-order chi connectivity index (χ1) is 9.26. The monoisotopic (exact) mass is 279 g/mol. The molecule has 1 amide bonds. The highest BCUT2D eigenvalue weighted by molar-refractivity contribution is 5.77. The molecule has 112 valence electrons. The lowest BCUT2D eigenvalue weighted by atomic mass is 10.1. The zero-order valence-corrected chi connectivity index (χ0v) is 13.3. The zero-order valence-electron chi connectivity index (χ0n) is 13.3. The van der Waals surface area contributed by atoms with E-state index in [1.807, 2.05) is 52.0 Å². The second-order valence-electron chi connectivity index (χ2n) is 5.82. The Morgan fingerprint density at radius 3 is 2.45 bits per heavy atom. The number of hydrogen-bond donors (Lipinski definition) is 0. The van der Waals surface area contributed by atoms with Gasteiger partial charge in [-0.2, -0.15) is 0 Å². The molecule has 0 bridgehead atoms. The highest BCUT2D eigenvalue weighted by atomic mass is 16.5. The van der Waals surface area contributed by atoms with Gasteiger partial charge in [-0.3, -0.25) is 4.79 Å². The standard InChI is InChI=1S/C16H25NO3/c1-12(13-9-7-8-10-14(13)19-6)17(5)15(18)11-20-16(2,3)4/h7-10,12H,11H2,1-6H3. The van der Waals surface area contributed by atoms with Gasteiger partial charge in [0.05, 0.1) is 18.8 Å². The average Bonchev–Trinajstić information content (AvgIpc) is 2.42. The third kappa shape index (κ3) is 4.53. The Morgan fingerprint density at radius 2 is 1.90 bits per heavy atom. The number of amides is 1. The Kier molecular flexibility index (Phi) is 5.57. The van der Waals surface area contributed by atoms with Gasteiger partial charge in [-0.05, 0) is 33.8 Å². The highest BCUT2D eigenvalue weighted by Gasteiger charge is 2.22. The van der Waals surface area contributed by atoms with Crippen molar-refractivity contribution in [2.75, 3.05) is 20.8 Å². The number of rotatable bonds is 5. The normalized spacial score (nSPS) is 12.9. The SMILES string of the molecule is COc1ccccc1C(C)N(C)C(=O)COC(C)(C)C. The summed E-state index contributed by atoms with van der Waals surface area (Å²) in [4.78, 5) is 13.8. The molecule has 0 fully saturated rings. The second-order valence-corrected chi connectivity index (χ2v) is 5.82. The largest absolute Gasteiger partial charge is 0.496 e. The molecule has 1 rings (SSSR count). The van der Waals surface area contributed by atoms with Crippen molar-refractivity contribution in [3.05, 3.63) is 29.8 Å². The summed E-state index contributed by atoms with van der Waals surface area (Å²) in [6.45, 7) is 7.87. The van der Waals surface area contributed by atoms with Crippen molar-refractivity contribution in [2.24, 2.45) is 0 Å². The number of hydrogen-bond acceptors (Lipinski definition) is 3. The predicted octanol–water partition coefficient (Wildman–Crippen LogP) is 3.03. The fourth-order valence-electron chi connectivity index (χ4n) is 1.82. The number of carbonyl (C=O) groups is 1. The molecule has 0 aliphatic rings. The van der Waals surface area contributed by atoms with Gasteiger partial charge in [0.15, 0.2) is 0 Å². The molecule has 1 aromatic rings. The fraction of sp³-hybridized carbons (Fsp3) is 0.562. The van der Waals surface area contributed by atoms with Gasteiger partial charge in [0, 0.05) is 12.6 Å². The highest BCUT2D eigenvalue weighted by Crippen LogP contribution is 2.28. The molecule has 0 N–H and O–H groups in total. The molecular weight excluding hydrogens is 254 g/mol. The van der Waals surface area contributed by atoms with Crippen LogP contribution in [0.5, 0.6) is 5.75 Å². The van der Waals surface area contributed by atoms with E-state index in [-0.39, 0.29) is 24.2 Å². The van der Waals surface area contributed by atoms with Gasteiger partial charge in [-0.15, -0.1) is 0 Å². The Bertz CT molecular complexity index is 451. The van der Waals surface area contributed by atoms with E-state index in [1.165, 1.54) is 0 Å². The van der Waals surface area contributed by atoms with Gasteiger partial charge in [0.1, 0.15) is 12.4 Å². The summed E-state index contributed by atoms with van der Waals surface area (Å²) < 4.78 is 10.9. The van der Waals surface area contributed by atoms with E-state index in [2.05, 4.69) is 0 Å². The summed E-state index contributed by atoms with van der Waals surface area (Å²) in [6, 6.07) is 7.66. The lowest BCUT2D eigenvalue weighted by Gasteiger charge is -2.28. The molecule has 0 spiro atoms. The Hall–Kier alpha value is -1.55. The minimum absolute atomic E-state index is 0.0432. The molecular formula is C16H25NO3. The number of ether oxygens (including phenoxy) is 2. The van der Waals surface area contributed by atoms with E-state index in [4.69, 9.17) is 9.47 Å². The van der Waals surface area contributed by atoms with Crippen LogP contribution < -0.4 is 4.74 Å². The van der Waals surface area contributed by atoms with Crippen LogP contribution in [0.3, 0.4) is 0 Å². The summed E-state index contributed by atoms with van der Waals surface area (Å²) in [5.41, 5.74) is 0.672. The number of methoxy groups -OCH3 is 1. The Balaban J connectivity index is 2.75. The first-order valence-electron chi connectivity index (χ1n) is 6.79. The number of nitrogens with zero attached hydrogens (tertiary/aromatic N) is 1. The minimum Gasteiger partial charge on any atom is -0.496 e. The number of para-hydroxylation sites is 1. The zero-order chi connectivity index (χ0) is 15.3. The third-order valence-electron chi connectivity index (χ3n) is 3.19. The molecule has 1 unspecified atom stereocenters. The van der Waals surface area contributed by atoms with Gasteiger partial charge in [0.2, 0.25) is 5.91 Å². The molecule has 0 saturated heterocycles. The molecule has 0 heterocycles. The predicted molar refractivity (Wildman–Crippen MR) is 79.9 cm³/mol. The topological polar surface area (TPSA) is 38.8 Å². The van der Waals surface area contributed by atoms with Crippen molar-refractivity contribution < 1.29 is 14.3 Å². The van der Waals surface area contributed by atoms with E-state index in [9.17, 15) is 4.79 Å². The van der Waals surface area contributed by atoms with E-state index in [0.29, 0.717) is 0 Å². The first-order valence-corrected chi connectivity index (χ1v) is 6.79. The van der Waals surface area contributed by atoms with E-state index in [0.717, 1.165) is 11.3 Å². The molecule has 1 atom stereocenters. The van der Waals surface area contributed by atoms with Crippen LogP contribution in [0.15, 0.2) is 24.3 Å². The van der Waals surface area contributed by atoms with Crippen molar-refractivity contribution in [1.29, 1.82) is 0 Å². The van der Waals surface area contributed by atoms with Crippen LogP contribution >= 0.6 is 0 Å². The fourth-order valence-corrected chi connectivity index (χ4v) is 1.82. The maximum Gasteiger partial charge on any atom is 0.248 e. The van der Waals surface area contributed by atoms with Crippen LogP contribution in [0.1, 0.15) is 39.3 Å². The Morgan fingerprint density at radius 1 is 1.30 bits per heavy atom. The molecule has 4 nitrogen and oxygen atoms in total. The van der Waals surface area contributed by atoms with Crippen molar-refractivity contribution in [1.82, 2.24) is 4.90 Å². The van der Waals surface area contributed by atoms with Crippen LogP contribution in [0, 0.1) is 0 Å². The number of benzene rings is 1. The van der Waals surface area contributed by atoms with Crippen LogP contribution in [0.2, 0.25) is 0 Å². The van der Waals surface area contributed by atoms with Gasteiger partial charge < -0.3 is 14.4 Å². The molecule has 0 aromatic heterocycles. The second kappa shape index (κ2) is 6.75. The lowest BCUT2D eigenvalue weighted by molar-refractivity contribution is -0.141. The van der Waals surface area contributed by atoms with Crippen LogP contribution in [0.4, 0.5) is 0 Å². The van der Waals surface area contributed by atoms with Crippen molar-refractivity contribution in [2.45, 2.75) is 39.3 Å². The molecule has 4 heteroatoms. The summed E-state index contributed by atoms with van der Waals surface area (Å²) in [5.74, 6) is 0.745. The van der Waals surface area contributed by atoms with E-state index < -0.39 is 0 Å². The number of carbonyl (C=O) groups excluding carboxylic acids is 1. The maximum absolute atomic E-state index is 12.2. The van der Waals surface area contributed by atoms with Gasteiger partial charge in [-0.25, -0.2) is 0 Å². The van der Waals surface area contributed by atoms with Crippen molar-refractivity contribution in [3.8, 4) is 5.75 Å². The summed E-state index contributed by atoms with van der Waals surface area (Å²) in [7, 11) is 3.42. The lowest BCUT2D eigenvalue weighted by Crippen LogP contribution is -2.35. The number of likely N-dealkylation sites (N-methyl/N-ethyl adjacent to an activating group) is 1. The minimum atomic E-state index is -0.315. The Labute approximate surface area is 121 Å². The van der Waals surface area contributed by atoms with E-state index >= 15 is 0 Å². The quantitative estimate of drug-likeness (QED) is 0.831. The first kappa shape index (κ1) is 16.5. The van der Waals surface area contributed by atoms with Crippen molar-refractivity contribution in [3.63, 3.8) is 0 Å². The van der Waals surface area contributed by atoms with E-state index in [1.54, 1.807) is 19.1 Å². The molecule has 0 aliphatic carbocycles. The van der Waals surface area contributed by atoms with Crippen LogP contribution in [-0.4, -0.2) is 37.2 Å². The maximum atomic E-state index is 12.2. The summed E-state index contributed by atoms with van der Waals surface area (Å²) in [5, 5.41) is 0. The van der Waals surface area contributed by atoms with Gasteiger partial charge in [-0.1, -0.05) is 18.2 Å². The third-order valence-corrected chi connectivity index (χ3v) is 3.19. The van der Waals surface area contributed by atoms with Crippen molar-refractivity contribution >= 4 is 5.91 Å². The van der Waals surface area contributed by atoms with Gasteiger partial charge >= 0.3 is 0 Å². The van der Waals surface area contributed by atoms with Crippen LogP contribution in [0.25, 0.3) is 0 Å². The molecule has 20 heavy (non-hydrogen) atoms. The summed E-state index contributed by atoms with van der Waals surface area (Å²) in [6.07, 6.45) is 0. The smallest absolute Gasteiger partial charge is 0.248 e. The average molecular weight is 279 g/mol. The molecule has 0 radical (unpaired) electrons. The summed E-state index contributed by atoms with van der Waals surface area (Å²) >= 11 is 0.